The van der Waals surface area contributed by atoms with Gasteiger partial charge in [0.1, 0.15) is 36.7 Å². The highest BCUT2D eigenvalue weighted by Crippen LogP contribution is 2.47. The van der Waals surface area contributed by atoms with E-state index < -0.39 is 5.60 Å². The number of amides is 3. The Hall–Kier alpha value is -4.43. The van der Waals surface area contributed by atoms with Gasteiger partial charge in [-0.25, -0.2) is 14.8 Å². The van der Waals surface area contributed by atoms with Crippen molar-refractivity contribution in [1.29, 1.82) is 0 Å². The predicted octanol–water partition coefficient (Wildman–Crippen LogP) is 9.21. The molecule has 2 atom stereocenters. The number of fused-ring (bicyclic) bond motifs is 4. The van der Waals surface area contributed by atoms with E-state index in [2.05, 4.69) is 64.2 Å². The Bertz CT molecular complexity index is 2470. The average Bonchev–Trinajstić information content (AvgIpc) is 4.04. The van der Waals surface area contributed by atoms with Crippen molar-refractivity contribution in [2.75, 3.05) is 36.8 Å². The summed E-state index contributed by atoms with van der Waals surface area (Å²) in [7, 11) is 0. The molecule has 0 saturated carbocycles. The summed E-state index contributed by atoms with van der Waals surface area (Å²) >= 11 is 6.46. The van der Waals surface area contributed by atoms with Crippen molar-refractivity contribution in [1.82, 2.24) is 40.8 Å². The third-order valence-corrected chi connectivity index (χ3v) is 15.3. The number of thiophene rings is 2. The molecule has 0 saturated heterocycles. The summed E-state index contributed by atoms with van der Waals surface area (Å²) in [6.45, 7) is 18.3. The van der Waals surface area contributed by atoms with E-state index in [9.17, 15) is 14.4 Å². The number of hydrogen-bond donors (Lipinski definition) is 5. The summed E-state index contributed by atoms with van der Waals surface area (Å²) in [6.07, 6.45) is 11.4. The van der Waals surface area contributed by atoms with E-state index in [1.807, 2.05) is 32.9 Å². The Kier molecular flexibility index (Phi) is 15.6. The molecule has 8 heterocycles. The van der Waals surface area contributed by atoms with Gasteiger partial charge in [0.05, 0.1) is 28.3 Å². The van der Waals surface area contributed by atoms with Crippen molar-refractivity contribution < 1.29 is 19.1 Å². The number of carbonyl (C=O) groups is 3. The van der Waals surface area contributed by atoms with Gasteiger partial charge in [0.25, 0.3) is 0 Å². The molecular formula is C45H58N10O4S4. The maximum Gasteiger partial charge on any atom is 0.410 e. The summed E-state index contributed by atoms with van der Waals surface area (Å²) in [5.41, 5.74) is 5.75. The standard InChI is InChI=1S/C25H33N5O3S2.C20H25N5OS2/c1-6-15(2)27-11-8-20(31)29-23-21(22-28-17-13-26-10-7-18(17)34-22)16-9-12-30(14-19(16)35-23)24(32)33-25(3,4)5;1-3-12(2)23-9-6-17(26)25-20-18(13-4-7-22-11-16(13)28-20)19-24-14-10-21-8-5-15(14)27-19/h7,10,13,15,27H,6,8-9,11-12,14H2,1-5H3,(H,29,31);5,8,10,12,22-23H,3-4,6-7,9,11H2,1-2H3,(H,25,26)/t15-;12-/m11/s1. The van der Waals surface area contributed by atoms with Crippen LogP contribution in [0.5, 0.6) is 0 Å². The first-order valence-electron chi connectivity index (χ1n) is 21.8. The molecule has 0 unspecified atom stereocenters. The zero-order chi connectivity index (χ0) is 44.7. The normalized spacial score (nSPS) is 14.7. The molecular weight excluding hydrogens is 873 g/mol. The Morgan fingerprint density at radius 2 is 1.30 bits per heavy atom. The molecule has 0 aliphatic carbocycles. The molecule has 0 spiro atoms. The van der Waals surface area contributed by atoms with Crippen LogP contribution in [0, 0.1) is 0 Å². The van der Waals surface area contributed by atoms with Crippen LogP contribution in [0.25, 0.3) is 41.6 Å². The first-order chi connectivity index (χ1) is 30.3. The summed E-state index contributed by atoms with van der Waals surface area (Å²) in [4.78, 5) is 60.2. The Morgan fingerprint density at radius 1 is 0.778 bits per heavy atom. The van der Waals surface area contributed by atoms with Crippen molar-refractivity contribution >= 4 is 93.7 Å². The summed E-state index contributed by atoms with van der Waals surface area (Å²) in [5, 5.41) is 20.0. The Morgan fingerprint density at radius 3 is 1.81 bits per heavy atom. The number of carbonyl (C=O) groups excluding carboxylic acids is 3. The van der Waals surface area contributed by atoms with Gasteiger partial charge < -0.3 is 36.2 Å². The third kappa shape index (κ3) is 11.8. The largest absolute Gasteiger partial charge is 0.444 e. The van der Waals surface area contributed by atoms with Gasteiger partial charge in [-0.3, -0.25) is 19.6 Å². The number of ether oxygens (including phenoxy) is 1. The van der Waals surface area contributed by atoms with Crippen LogP contribution in [0.3, 0.4) is 0 Å². The lowest BCUT2D eigenvalue weighted by molar-refractivity contribution is -0.116. The molecule has 63 heavy (non-hydrogen) atoms. The number of thiazole rings is 2. The van der Waals surface area contributed by atoms with Crippen molar-refractivity contribution in [3.05, 3.63) is 57.8 Å². The molecule has 0 fully saturated rings. The van der Waals surface area contributed by atoms with E-state index in [1.165, 1.54) is 21.8 Å². The monoisotopic (exact) mass is 930 g/mol. The highest BCUT2D eigenvalue weighted by Gasteiger charge is 2.32. The van der Waals surface area contributed by atoms with Gasteiger partial charge in [-0.1, -0.05) is 13.8 Å². The molecule has 2 aliphatic heterocycles. The molecule has 6 aromatic heterocycles. The molecule has 2 aliphatic rings. The van der Waals surface area contributed by atoms with Crippen molar-refractivity contribution in [2.45, 2.75) is 118 Å². The van der Waals surface area contributed by atoms with Crippen LogP contribution in [-0.2, 0) is 40.3 Å². The molecule has 14 nitrogen and oxygen atoms in total. The lowest BCUT2D eigenvalue weighted by Crippen LogP contribution is -2.39. The fraction of sp³-hybridized carbons (Fsp3) is 0.489. The molecule has 6 aromatic rings. The predicted molar refractivity (Wildman–Crippen MR) is 259 cm³/mol. The summed E-state index contributed by atoms with van der Waals surface area (Å²) < 4.78 is 7.76. The fourth-order valence-electron chi connectivity index (χ4n) is 7.15. The van der Waals surface area contributed by atoms with Crippen LogP contribution in [-0.4, -0.2) is 86.6 Å². The highest BCUT2D eigenvalue weighted by atomic mass is 32.1. The van der Waals surface area contributed by atoms with Crippen LogP contribution in [0.1, 0.15) is 95.0 Å². The molecule has 0 bridgehead atoms. The minimum atomic E-state index is -0.546. The van der Waals surface area contributed by atoms with Crippen molar-refractivity contribution in [2.24, 2.45) is 0 Å². The van der Waals surface area contributed by atoms with Gasteiger partial charge in [-0.2, -0.15) is 0 Å². The maximum absolute atomic E-state index is 12.8. The first-order valence-corrected chi connectivity index (χ1v) is 25.0. The van der Waals surface area contributed by atoms with Crippen LogP contribution < -0.4 is 26.6 Å². The van der Waals surface area contributed by atoms with Crippen molar-refractivity contribution in [3.63, 3.8) is 0 Å². The minimum absolute atomic E-state index is 0.0348. The van der Waals surface area contributed by atoms with Gasteiger partial charge in [0, 0.05) is 84.4 Å². The maximum atomic E-state index is 12.8. The highest BCUT2D eigenvalue weighted by molar-refractivity contribution is 7.23. The molecule has 5 N–H and O–H groups in total. The first kappa shape index (κ1) is 46.6. The lowest BCUT2D eigenvalue weighted by atomic mass is 10.0. The number of anilines is 2. The number of aromatic nitrogens is 4. The molecule has 0 aromatic carbocycles. The lowest BCUT2D eigenvalue weighted by Gasteiger charge is -2.30. The number of nitrogens with zero attached hydrogens (tertiary/aromatic N) is 5. The van der Waals surface area contributed by atoms with Crippen molar-refractivity contribution in [3.8, 4) is 21.1 Å². The van der Waals surface area contributed by atoms with Gasteiger partial charge in [0.2, 0.25) is 11.8 Å². The van der Waals surface area contributed by atoms with E-state index >= 15 is 0 Å². The van der Waals surface area contributed by atoms with Crippen LogP contribution in [0.2, 0.25) is 0 Å². The van der Waals surface area contributed by atoms with Crippen LogP contribution >= 0.6 is 45.3 Å². The van der Waals surface area contributed by atoms with E-state index in [1.54, 1.807) is 63.7 Å². The Balaban J connectivity index is 0.000000193. The van der Waals surface area contributed by atoms with Gasteiger partial charge >= 0.3 is 6.09 Å². The number of rotatable bonds is 14. The number of pyridine rings is 2. The SMILES string of the molecule is CC[C@@H](C)NCCC(=O)Nc1sc2c(c1-c1nc3cnccc3s1)CCN(C(=O)OC(C)(C)C)C2.CC[C@@H](C)NCCC(=O)Nc1sc2c(c1-c1nc3cnccc3s1)CCNC2. The zero-order valence-corrected chi connectivity index (χ0v) is 40.4. The quantitative estimate of drug-likeness (QED) is 0.0704. The average molecular weight is 931 g/mol. The zero-order valence-electron chi connectivity index (χ0n) is 37.1. The van der Waals surface area contributed by atoms with E-state index in [0.29, 0.717) is 57.5 Å². The second-order valence-corrected chi connectivity index (χ2v) is 21.1. The van der Waals surface area contributed by atoms with E-state index in [4.69, 9.17) is 14.7 Å². The second kappa shape index (κ2) is 21.0. The smallest absolute Gasteiger partial charge is 0.410 e. The van der Waals surface area contributed by atoms with E-state index in [-0.39, 0.29) is 17.9 Å². The second-order valence-electron chi connectivity index (χ2n) is 16.8. The number of nitrogens with one attached hydrogen (secondary N) is 5. The molecule has 336 valence electrons. The minimum Gasteiger partial charge on any atom is -0.444 e. The van der Waals surface area contributed by atoms with E-state index in [0.717, 1.165) is 94.4 Å². The fourth-order valence-corrected chi connectivity index (χ4v) is 11.8. The molecule has 0 radical (unpaired) electrons. The third-order valence-electron chi connectivity index (χ3n) is 10.9. The van der Waals surface area contributed by atoms with Gasteiger partial charge in [0.15, 0.2) is 0 Å². The van der Waals surface area contributed by atoms with Crippen LogP contribution in [0.4, 0.5) is 14.8 Å². The van der Waals surface area contributed by atoms with Crippen LogP contribution in [0.15, 0.2) is 36.9 Å². The Labute approximate surface area is 385 Å². The summed E-state index contributed by atoms with van der Waals surface area (Å²) in [6, 6.07) is 4.76. The summed E-state index contributed by atoms with van der Waals surface area (Å²) in [5.74, 6) is 0.0128. The topological polar surface area (TPSA) is 175 Å². The molecule has 18 heteroatoms. The van der Waals surface area contributed by atoms with Gasteiger partial charge in [-0.15, -0.1) is 45.3 Å². The number of hydrogen-bond acceptors (Lipinski definition) is 15. The molecule has 3 amide bonds. The van der Waals surface area contributed by atoms with Gasteiger partial charge in [-0.05, 0) is 90.1 Å². The molecule has 8 rings (SSSR count).